The zero-order valence-corrected chi connectivity index (χ0v) is 19.8. The van der Waals surface area contributed by atoms with Crippen LogP contribution in [0.3, 0.4) is 0 Å². The van der Waals surface area contributed by atoms with Crippen LogP contribution in [0.2, 0.25) is 0 Å². The lowest BCUT2D eigenvalue weighted by atomic mass is 10.0. The van der Waals surface area contributed by atoms with Gasteiger partial charge < -0.3 is 9.47 Å². The van der Waals surface area contributed by atoms with E-state index in [-0.39, 0.29) is 18.8 Å². The van der Waals surface area contributed by atoms with Crippen LogP contribution in [0.25, 0.3) is 27.0 Å². The van der Waals surface area contributed by atoms with Crippen molar-refractivity contribution in [3.05, 3.63) is 77.4 Å². The molecule has 160 valence electrons. The smallest absolute Gasteiger partial charge is 0.345 e. The highest BCUT2D eigenvalue weighted by Gasteiger charge is 2.25. The Hall–Kier alpha value is -2.70. The summed E-state index contributed by atoms with van der Waals surface area (Å²) < 4.78 is 10.3. The first-order chi connectivity index (χ1) is 15.1. The highest BCUT2D eigenvalue weighted by Crippen LogP contribution is 2.44. The van der Waals surface area contributed by atoms with Gasteiger partial charge in [0.2, 0.25) is 0 Å². The van der Waals surface area contributed by atoms with E-state index >= 15 is 0 Å². The Bertz CT molecular complexity index is 1050. The summed E-state index contributed by atoms with van der Waals surface area (Å²) in [4.78, 5) is 27.2. The van der Waals surface area contributed by atoms with E-state index in [1.165, 1.54) is 0 Å². The Morgan fingerprint density at radius 2 is 1.32 bits per heavy atom. The topological polar surface area (TPSA) is 52.6 Å². The summed E-state index contributed by atoms with van der Waals surface area (Å²) in [6.45, 7) is 3.76. The normalized spacial score (nSPS) is 10.4. The van der Waals surface area contributed by atoms with Crippen LogP contribution in [0.4, 0.5) is 0 Å². The van der Waals surface area contributed by atoms with Crippen molar-refractivity contribution in [2.24, 2.45) is 0 Å². The van der Waals surface area contributed by atoms with E-state index in [4.69, 9.17) is 9.47 Å². The molecule has 6 heteroatoms. The Kier molecular flexibility index (Phi) is 8.20. The summed E-state index contributed by atoms with van der Waals surface area (Å²) in [6, 6.07) is 20.0. The molecule has 3 aromatic rings. The minimum atomic E-state index is -0.687. The summed E-state index contributed by atoms with van der Waals surface area (Å²) in [5.41, 5.74) is 3.78. The molecule has 0 aliphatic carbocycles. The summed E-state index contributed by atoms with van der Waals surface area (Å²) in [6.07, 6.45) is 1.61. The average Bonchev–Trinajstić information content (AvgIpc) is 3.17. The lowest BCUT2D eigenvalue weighted by Crippen LogP contribution is -2.18. The van der Waals surface area contributed by atoms with Crippen LogP contribution in [0.5, 0.6) is 0 Å². The number of halogens is 1. The maximum atomic E-state index is 12.6. The molecular formula is C25H23BrO4S. The van der Waals surface area contributed by atoms with Crippen molar-refractivity contribution in [1.82, 2.24) is 0 Å². The van der Waals surface area contributed by atoms with Crippen LogP contribution in [0, 0.1) is 0 Å². The van der Waals surface area contributed by atoms with Gasteiger partial charge in [0.05, 0.1) is 13.2 Å². The second kappa shape index (κ2) is 11.1. The molecule has 2 aromatic carbocycles. The number of carbonyl (C=O) groups is 2. The van der Waals surface area contributed by atoms with Gasteiger partial charge in [-0.1, -0.05) is 76.6 Å². The van der Waals surface area contributed by atoms with Crippen molar-refractivity contribution in [2.45, 2.75) is 19.2 Å². The van der Waals surface area contributed by atoms with Gasteiger partial charge in [0.15, 0.2) is 0 Å². The summed E-state index contributed by atoms with van der Waals surface area (Å²) in [5.74, 6) is -1.37. The Labute approximate surface area is 194 Å². The molecule has 0 spiro atoms. The number of benzene rings is 2. The molecule has 0 bridgehead atoms. The Morgan fingerprint density at radius 1 is 0.839 bits per heavy atom. The molecule has 0 aliphatic heterocycles. The van der Waals surface area contributed by atoms with Gasteiger partial charge in [-0.2, -0.15) is 0 Å². The number of thiophene rings is 1. The molecule has 0 amide bonds. The third-order valence-electron chi connectivity index (χ3n) is 4.53. The van der Waals surface area contributed by atoms with Crippen molar-refractivity contribution in [3.8, 4) is 20.9 Å². The molecule has 0 saturated heterocycles. The Morgan fingerprint density at radius 3 is 1.77 bits per heavy atom. The van der Waals surface area contributed by atoms with Gasteiger partial charge in [-0.25, -0.2) is 9.59 Å². The monoisotopic (exact) mass is 498 g/mol. The van der Waals surface area contributed by atoms with E-state index in [2.05, 4.69) is 28.1 Å². The molecule has 0 unspecified atom stereocenters. The highest BCUT2D eigenvalue weighted by molar-refractivity contribution is 9.08. The van der Waals surface area contributed by atoms with E-state index in [1.54, 1.807) is 31.3 Å². The quantitative estimate of drug-likeness (QED) is 0.117. The van der Waals surface area contributed by atoms with Crippen LogP contribution < -0.4 is 0 Å². The van der Waals surface area contributed by atoms with Gasteiger partial charge in [-0.15, -0.1) is 11.3 Å². The summed E-state index contributed by atoms with van der Waals surface area (Å²) in [7, 11) is 0. The fraction of sp³-hybridized carbons (Fsp3) is 0.200. The molecule has 0 aliphatic rings. The average molecular weight is 499 g/mol. The number of hydrogen-bond acceptors (Lipinski definition) is 5. The van der Waals surface area contributed by atoms with Crippen molar-refractivity contribution >= 4 is 45.3 Å². The number of alkyl halides is 1. The van der Waals surface area contributed by atoms with Crippen LogP contribution in [0.1, 0.15) is 25.0 Å². The van der Waals surface area contributed by atoms with Crippen LogP contribution in [-0.4, -0.2) is 25.2 Å². The second-order valence-corrected chi connectivity index (χ2v) is 8.10. The predicted octanol–water partition coefficient (Wildman–Crippen LogP) is 6.49. The number of carbonyl (C=O) groups excluding carboxylic acids is 2. The summed E-state index contributed by atoms with van der Waals surface area (Å²) >= 11 is 5.24. The maximum absolute atomic E-state index is 12.6. The largest absolute Gasteiger partial charge is 0.462 e. The van der Waals surface area contributed by atoms with E-state index in [0.29, 0.717) is 5.33 Å². The van der Waals surface area contributed by atoms with Crippen molar-refractivity contribution in [1.29, 1.82) is 0 Å². The summed E-state index contributed by atoms with van der Waals surface area (Å²) in [5, 5.41) is 0.561. The first-order valence-electron chi connectivity index (χ1n) is 9.99. The first kappa shape index (κ1) is 23.0. The molecular weight excluding hydrogens is 476 g/mol. The Balaban J connectivity index is 2.27. The van der Waals surface area contributed by atoms with Gasteiger partial charge in [-0.3, -0.25) is 0 Å². The molecule has 3 rings (SSSR count). The minimum Gasteiger partial charge on any atom is -0.462 e. The number of rotatable bonds is 8. The van der Waals surface area contributed by atoms with E-state index < -0.39 is 11.9 Å². The molecule has 0 fully saturated rings. The predicted molar refractivity (Wildman–Crippen MR) is 129 cm³/mol. The number of esters is 2. The van der Waals surface area contributed by atoms with Crippen molar-refractivity contribution < 1.29 is 19.1 Å². The number of hydrogen-bond donors (Lipinski definition) is 0. The molecule has 0 atom stereocenters. The molecule has 1 aromatic heterocycles. The third-order valence-corrected chi connectivity index (χ3v) is 6.44. The zero-order chi connectivity index (χ0) is 22.2. The van der Waals surface area contributed by atoms with Crippen LogP contribution >= 0.6 is 27.3 Å². The lowest BCUT2D eigenvalue weighted by Gasteiger charge is -2.09. The third kappa shape index (κ3) is 5.32. The molecule has 0 radical (unpaired) electrons. The van der Waals surface area contributed by atoms with E-state index in [1.807, 2.05) is 48.5 Å². The van der Waals surface area contributed by atoms with Gasteiger partial charge in [-0.05, 0) is 42.2 Å². The molecule has 4 nitrogen and oxygen atoms in total. The standard InChI is InChI=1S/C25H23BrO4S/c1-3-29-24(27)20(25(28)30-4-2)15-19-21(16-26)23(18-13-9-6-10-14-18)31-22(19)17-11-7-5-8-12-17/h5-15H,3-4,16H2,1-2H3. The van der Waals surface area contributed by atoms with Crippen LogP contribution in [0.15, 0.2) is 66.2 Å². The molecule has 0 saturated carbocycles. The molecule has 31 heavy (non-hydrogen) atoms. The second-order valence-electron chi connectivity index (χ2n) is 6.52. The van der Waals surface area contributed by atoms with E-state index in [0.717, 1.165) is 32.0 Å². The highest BCUT2D eigenvalue weighted by atomic mass is 79.9. The maximum Gasteiger partial charge on any atom is 0.345 e. The zero-order valence-electron chi connectivity index (χ0n) is 17.4. The fourth-order valence-corrected chi connectivity index (χ4v) is 5.23. The lowest BCUT2D eigenvalue weighted by molar-refractivity contribution is -0.146. The van der Waals surface area contributed by atoms with Gasteiger partial charge in [0, 0.05) is 15.1 Å². The SMILES string of the molecule is CCOC(=O)C(=Cc1c(-c2ccccc2)sc(-c2ccccc2)c1CBr)C(=O)OCC. The van der Waals surface area contributed by atoms with E-state index in [9.17, 15) is 9.59 Å². The first-order valence-corrected chi connectivity index (χ1v) is 11.9. The van der Waals surface area contributed by atoms with Gasteiger partial charge in [0.1, 0.15) is 5.57 Å². The van der Waals surface area contributed by atoms with Gasteiger partial charge in [0.25, 0.3) is 0 Å². The fourth-order valence-electron chi connectivity index (χ4n) is 3.15. The van der Waals surface area contributed by atoms with Gasteiger partial charge >= 0.3 is 11.9 Å². The number of ether oxygens (including phenoxy) is 2. The molecule has 1 heterocycles. The molecule has 0 N–H and O–H groups in total. The van der Waals surface area contributed by atoms with Crippen molar-refractivity contribution in [3.63, 3.8) is 0 Å². The van der Waals surface area contributed by atoms with Crippen molar-refractivity contribution in [2.75, 3.05) is 13.2 Å². The minimum absolute atomic E-state index is 0.111. The van der Waals surface area contributed by atoms with Crippen LogP contribution in [-0.2, 0) is 24.4 Å².